The molecule has 1 aromatic heterocycles. The van der Waals surface area contributed by atoms with Gasteiger partial charge in [0, 0.05) is 25.4 Å². The topological polar surface area (TPSA) is 50.2 Å². The third-order valence-electron chi connectivity index (χ3n) is 3.43. The van der Waals surface area contributed by atoms with E-state index >= 15 is 0 Å². The molecular weight excluding hydrogens is 384 g/mol. The highest BCUT2D eigenvalue weighted by Crippen LogP contribution is 2.27. The smallest absolute Gasteiger partial charge is 0.265 e. The van der Waals surface area contributed by atoms with Crippen molar-refractivity contribution in [3.8, 4) is 5.69 Å². The Balaban J connectivity index is 1.72. The third-order valence-corrected chi connectivity index (χ3v) is 5.87. The lowest BCUT2D eigenvalue weighted by Gasteiger charge is -2.11. The number of hydrazine groups is 1. The molecule has 3 rings (SSSR count). The average Bonchev–Trinajstić information content (AvgIpc) is 3.01. The Morgan fingerprint density at radius 1 is 1.19 bits per heavy atom. The maximum Gasteiger partial charge on any atom is 0.265 e. The predicted molar refractivity (Wildman–Crippen MR) is 109 cm³/mol. The van der Waals surface area contributed by atoms with Gasteiger partial charge < -0.3 is 0 Å². The molecule has 0 saturated carbocycles. The largest absolute Gasteiger partial charge is 0.285 e. The number of benzene rings is 2. The van der Waals surface area contributed by atoms with Crippen LogP contribution in [-0.2, 0) is 5.75 Å². The van der Waals surface area contributed by atoms with Crippen LogP contribution in [0.25, 0.3) is 5.69 Å². The highest BCUT2D eigenvalue weighted by atomic mass is 32.2. The molecule has 1 N–H and O–H groups in total. The maximum atomic E-state index is 12.0. The Bertz CT molecular complexity index is 933. The van der Waals surface area contributed by atoms with Crippen LogP contribution in [0.5, 0.6) is 0 Å². The van der Waals surface area contributed by atoms with Gasteiger partial charge >= 0.3 is 0 Å². The van der Waals surface area contributed by atoms with Crippen LogP contribution in [0.3, 0.4) is 0 Å². The van der Waals surface area contributed by atoms with Gasteiger partial charge in [-0.15, -0.1) is 5.10 Å². The maximum absolute atomic E-state index is 12.0. The van der Waals surface area contributed by atoms with Crippen LogP contribution in [0.4, 0.5) is 0 Å². The van der Waals surface area contributed by atoms with Crippen molar-refractivity contribution in [2.24, 2.45) is 0 Å². The van der Waals surface area contributed by atoms with Crippen LogP contribution in [0, 0.1) is 3.95 Å². The van der Waals surface area contributed by atoms with E-state index in [1.54, 1.807) is 47.7 Å². The van der Waals surface area contributed by atoms with Crippen molar-refractivity contribution in [2.45, 2.75) is 10.1 Å². The number of nitrogens with zero attached hydrogens (tertiary/aromatic N) is 3. The Labute approximate surface area is 165 Å². The summed E-state index contributed by atoms with van der Waals surface area (Å²) in [6, 6.07) is 17.5. The van der Waals surface area contributed by atoms with E-state index in [0.29, 0.717) is 9.52 Å². The minimum absolute atomic E-state index is 0.150. The molecule has 0 spiro atoms. The Kier molecular flexibility index (Phi) is 6.20. The summed E-state index contributed by atoms with van der Waals surface area (Å²) >= 11 is 8.61. The van der Waals surface area contributed by atoms with Crippen molar-refractivity contribution in [1.29, 1.82) is 0 Å². The first-order valence-electron chi connectivity index (χ1n) is 7.88. The Morgan fingerprint density at radius 3 is 2.54 bits per heavy atom. The number of hydrogen-bond acceptors (Lipinski definition) is 6. The lowest BCUT2D eigenvalue weighted by atomic mass is 10.2. The summed E-state index contributed by atoms with van der Waals surface area (Å²) in [5.74, 6) is 0.704. The van der Waals surface area contributed by atoms with Crippen LogP contribution in [0.1, 0.15) is 15.9 Å². The number of amides is 1. The van der Waals surface area contributed by atoms with Gasteiger partial charge in [-0.3, -0.25) is 10.2 Å². The van der Waals surface area contributed by atoms with Crippen molar-refractivity contribution in [3.63, 3.8) is 0 Å². The molecule has 0 unspecified atom stereocenters. The molecule has 26 heavy (non-hydrogen) atoms. The molecule has 0 aliphatic heterocycles. The second-order valence-corrected chi connectivity index (χ2v) is 8.55. The molecule has 2 aromatic carbocycles. The summed E-state index contributed by atoms with van der Waals surface area (Å²) in [4.78, 5) is 12.0. The fourth-order valence-electron chi connectivity index (χ4n) is 2.22. The van der Waals surface area contributed by atoms with Gasteiger partial charge in [0.15, 0.2) is 8.29 Å². The standard InChI is InChI=1S/C18H18N4OS3/c1-21(2)19-16(23)14-8-10-15(11-9-14)22-18(24)26-17(20-22)25-12-13-6-4-3-5-7-13/h3-11H,12H2,1-2H3,(H,19,23). The molecule has 134 valence electrons. The Morgan fingerprint density at radius 2 is 1.88 bits per heavy atom. The van der Waals surface area contributed by atoms with Gasteiger partial charge in [0.1, 0.15) is 0 Å². The second-order valence-electron chi connectivity index (χ2n) is 5.70. The lowest BCUT2D eigenvalue weighted by molar-refractivity contribution is 0.0857. The second kappa shape index (κ2) is 8.59. The van der Waals surface area contributed by atoms with Gasteiger partial charge in [-0.1, -0.05) is 53.4 Å². The van der Waals surface area contributed by atoms with E-state index in [9.17, 15) is 4.79 Å². The van der Waals surface area contributed by atoms with E-state index in [1.807, 2.05) is 30.3 Å². The predicted octanol–water partition coefficient (Wildman–Crippen LogP) is 4.16. The summed E-state index contributed by atoms with van der Waals surface area (Å²) in [6.07, 6.45) is 0. The van der Waals surface area contributed by atoms with Gasteiger partial charge in [-0.25, -0.2) is 9.69 Å². The number of thioether (sulfide) groups is 1. The van der Waals surface area contributed by atoms with Gasteiger partial charge in [0.05, 0.1) is 5.69 Å². The van der Waals surface area contributed by atoms with E-state index in [-0.39, 0.29) is 5.91 Å². The van der Waals surface area contributed by atoms with Crippen molar-refractivity contribution < 1.29 is 4.79 Å². The molecule has 5 nitrogen and oxygen atoms in total. The highest BCUT2D eigenvalue weighted by molar-refractivity contribution is 8.00. The van der Waals surface area contributed by atoms with Crippen LogP contribution >= 0.6 is 35.3 Å². The van der Waals surface area contributed by atoms with E-state index in [1.165, 1.54) is 16.9 Å². The number of carbonyl (C=O) groups is 1. The molecule has 3 aromatic rings. The summed E-state index contributed by atoms with van der Waals surface area (Å²) in [5, 5.41) is 6.22. The minimum atomic E-state index is -0.150. The molecule has 0 radical (unpaired) electrons. The molecular formula is C18H18N4OS3. The zero-order valence-corrected chi connectivity index (χ0v) is 16.8. The quantitative estimate of drug-likeness (QED) is 0.381. The number of carbonyl (C=O) groups excluding carboxylic acids is 1. The fourth-order valence-corrected chi connectivity index (χ4v) is 4.54. The van der Waals surface area contributed by atoms with E-state index in [4.69, 9.17) is 12.2 Å². The summed E-state index contributed by atoms with van der Waals surface area (Å²) in [7, 11) is 3.55. The summed E-state index contributed by atoms with van der Waals surface area (Å²) < 4.78 is 3.35. The lowest BCUT2D eigenvalue weighted by Crippen LogP contribution is -2.36. The molecule has 0 saturated heterocycles. The molecule has 1 amide bonds. The van der Waals surface area contributed by atoms with Gasteiger partial charge in [-0.05, 0) is 42.0 Å². The first-order valence-corrected chi connectivity index (χ1v) is 10.1. The zero-order valence-electron chi connectivity index (χ0n) is 14.4. The average molecular weight is 403 g/mol. The summed E-state index contributed by atoms with van der Waals surface area (Å²) in [6.45, 7) is 0. The molecule has 0 fully saturated rings. The number of nitrogens with one attached hydrogen (secondary N) is 1. The van der Waals surface area contributed by atoms with E-state index in [0.717, 1.165) is 15.8 Å². The SMILES string of the molecule is CN(C)NC(=O)c1ccc(-n2nc(SCc3ccccc3)sc2=S)cc1. The molecule has 0 atom stereocenters. The van der Waals surface area contributed by atoms with Crippen molar-refractivity contribution in [1.82, 2.24) is 20.2 Å². The van der Waals surface area contributed by atoms with Crippen LogP contribution in [-0.4, -0.2) is 34.8 Å². The normalized spacial score (nSPS) is 10.9. The molecule has 1 heterocycles. The zero-order chi connectivity index (χ0) is 18.5. The first-order chi connectivity index (χ1) is 12.5. The van der Waals surface area contributed by atoms with Gasteiger partial charge in [0.25, 0.3) is 5.91 Å². The van der Waals surface area contributed by atoms with Crippen molar-refractivity contribution in [3.05, 3.63) is 69.7 Å². The minimum Gasteiger partial charge on any atom is -0.285 e. The van der Waals surface area contributed by atoms with Crippen molar-refractivity contribution >= 4 is 41.2 Å². The molecule has 0 aliphatic rings. The molecule has 8 heteroatoms. The fraction of sp³-hybridized carbons (Fsp3) is 0.167. The van der Waals surface area contributed by atoms with E-state index < -0.39 is 0 Å². The van der Waals surface area contributed by atoms with Crippen LogP contribution in [0.2, 0.25) is 0 Å². The van der Waals surface area contributed by atoms with Crippen LogP contribution in [0.15, 0.2) is 58.9 Å². The molecule has 0 bridgehead atoms. The highest BCUT2D eigenvalue weighted by Gasteiger charge is 2.09. The molecule has 0 aliphatic carbocycles. The third kappa shape index (κ3) is 4.79. The first kappa shape index (κ1) is 18.8. The van der Waals surface area contributed by atoms with Crippen molar-refractivity contribution in [2.75, 3.05) is 14.1 Å². The van der Waals surface area contributed by atoms with Gasteiger partial charge in [-0.2, -0.15) is 0 Å². The Hall–Kier alpha value is -2.00. The number of rotatable bonds is 6. The monoisotopic (exact) mass is 402 g/mol. The van der Waals surface area contributed by atoms with Crippen LogP contribution < -0.4 is 5.43 Å². The summed E-state index contributed by atoms with van der Waals surface area (Å²) in [5.41, 5.74) is 5.40. The number of aromatic nitrogens is 2. The number of hydrogen-bond donors (Lipinski definition) is 1. The van der Waals surface area contributed by atoms with Gasteiger partial charge in [0.2, 0.25) is 0 Å². The van der Waals surface area contributed by atoms with E-state index in [2.05, 4.69) is 22.7 Å².